The average molecular weight is 319 g/mol. The van der Waals surface area contributed by atoms with Crippen molar-refractivity contribution < 1.29 is 4.79 Å². The predicted molar refractivity (Wildman–Crippen MR) is 97.3 cm³/mol. The maximum absolute atomic E-state index is 12.5. The van der Waals surface area contributed by atoms with Crippen molar-refractivity contribution in [1.29, 1.82) is 0 Å². The number of amides is 1. The number of hydrogen-bond acceptors (Lipinski definition) is 2. The lowest BCUT2D eigenvalue weighted by Crippen LogP contribution is -2.22. The molecule has 1 aromatic heterocycles. The van der Waals surface area contributed by atoms with Crippen molar-refractivity contribution in [2.75, 3.05) is 5.32 Å². The van der Waals surface area contributed by atoms with Crippen LogP contribution in [0.5, 0.6) is 0 Å². The van der Waals surface area contributed by atoms with Gasteiger partial charge in [-0.2, -0.15) is 0 Å². The predicted octanol–water partition coefficient (Wildman–Crippen LogP) is 3.89. The molecule has 0 aliphatic heterocycles. The van der Waals surface area contributed by atoms with Crippen LogP contribution < -0.4 is 10.7 Å². The van der Waals surface area contributed by atoms with E-state index in [4.69, 9.17) is 0 Å². The highest BCUT2D eigenvalue weighted by molar-refractivity contribution is 6.05. The van der Waals surface area contributed by atoms with Crippen molar-refractivity contribution in [2.45, 2.75) is 19.3 Å². The zero-order valence-corrected chi connectivity index (χ0v) is 13.7. The molecular weight excluding hydrogens is 300 g/mol. The van der Waals surface area contributed by atoms with Gasteiger partial charge in [-0.25, -0.2) is 0 Å². The molecule has 3 aromatic rings. The molecule has 24 heavy (non-hydrogen) atoms. The first kappa shape index (κ1) is 16.0. The van der Waals surface area contributed by atoms with Crippen LogP contribution in [0, 0.1) is 6.92 Å². The van der Waals surface area contributed by atoms with Crippen LogP contribution in [0.1, 0.15) is 29.8 Å². The van der Waals surface area contributed by atoms with Crippen molar-refractivity contribution >= 4 is 22.5 Å². The first-order valence-electron chi connectivity index (χ1n) is 7.74. The highest BCUT2D eigenvalue weighted by atomic mass is 16.2. The Morgan fingerprint density at radius 1 is 1.08 bits per heavy atom. The molecular formula is C20H19N2O2. The molecule has 4 heteroatoms. The number of nitrogens with one attached hydrogen (secondary N) is 2. The highest BCUT2D eigenvalue weighted by Crippen LogP contribution is 2.23. The van der Waals surface area contributed by atoms with Gasteiger partial charge in [-0.1, -0.05) is 38.1 Å². The van der Waals surface area contributed by atoms with Gasteiger partial charge in [-0.3, -0.25) is 9.59 Å². The van der Waals surface area contributed by atoms with E-state index >= 15 is 0 Å². The number of para-hydroxylation sites is 1. The molecule has 121 valence electrons. The minimum atomic E-state index is -0.427. The minimum Gasteiger partial charge on any atom is -0.360 e. The average Bonchev–Trinajstić information content (AvgIpc) is 2.55. The smallest absolute Gasteiger partial charge is 0.261 e. The Kier molecular flexibility index (Phi) is 3.97. The summed E-state index contributed by atoms with van der Waals surface area (Å²) in [5, 5.41) is 3.26. The number of aromatic nitrogens is 1. The lowest BCUT2D eigenvalue weighted by Gasteiger charge is -2.19. The van der Waals surface area contributed by atoms with E-state index in [-0.39, 0.29) is 16.4 Å². The van der Waals surface area contributed by atoms with E-state index in [1.165, 1.54) is 6.20 Å². The molecule has 3 rings (SSSR count). The molecule has 2 N–H and O–H groups in total. The van der Waals surface area contributed by atoms with Crippen LogP contribution in [0.2, 0.25) is 0 Å². The molecule has 0 spiro atoms. The van der Waals surface area contributed by atoms with Gasteiger partial charge in [-0.05, 0) is 42.2 Å². The molecule has 1 radical (unpaired) electrons. The monoisotopic (exact) mass is 319 g/mol. The van der Waals surface area contributed by atoms with Crippen molar-refractivity contribution in [3.8, 4) is 0 Å². The van der Waals surface area contributed by atoms with Crippen molar-refractivity contribution in [3.05, 3.63) is 83.0 Å². The van der Waals surface area contributed by atoms with Crippen molar-refractivity contribution in [1.82, 2.24) is 4.98 Å². The fraction of sp³-hybridized carbons (Fsp3) is 0.150. The van der Waals surface area contributed by atoms with Crippen LogP contribution in [-0.4, -0.2) is 10.9 Å². The fourth-order valence-electron chi connectivity index (χ4n) is 2.54. The molecule has 0 fully saturated rings. The molecule has 1 amide bonds. The number of pyridine rings is 1. The Balaban J connectivity index is 1.88. The Hall–Kier alpha value is -2.88. The van der Waals surface area contributed by atoms with Crippen LogP contribution in [0.4, 0.5) is 5.69 Å². The first-order valence-corrected chi connectivity index (χ1v) is 7.74. The lowest BCUT2D eigenvalue weighted by atomic mass is 9.87. The molecule has 0 bridgehead atoms. The highest BCUT2D eigenvalue weighted by Gasteiger charge is 2.15. The Labute approximate surface area is 140 Å². The molecule has 0 saturated carbocycles. The van der Waals surface area contributed by atoms with Crippen LogP contribution in [0.15, 0.2) is 59.5 Å². The normalized spacial score (nSPS) is 11.5. The van der Waals surface area contributed by atoms with Crippen molar-refractivity contribution in [2.24, 2.45) is 0 Å². The number of rotatable bonds is 3. The Bertz CT molecular complexity index is 948. The number of fused-ring (bicyclic) bond motifs is 1. The van der Waals surface area contributed by atoms with E-state index in [2.05, 4.69) is 17.2 Å². The maximum atomic E-state index is 12.5. The third kappa shape index (κ3) is 3.08. The molecule has 0 aliphatic rings. The molecule has 1 heterocycles. The summed E-state index contributed by atoms with van der Waals surface area (Å²) < 4.78 is 0. The summed E-state index contributed by atoms with van der Waals surface area (Å²) in [7, 11) is 0. The number of carbonyl (C=O) groups is 1. The van der Waals surface area contributed by atoms with Crippen molar-refractivity contribution in [3.63, 3.8) is 0 Å². The Morgan fingerprint density at radius 2 is 1.75 bits per heavy atom. The second kappa shape index (κ2) is 5.96. The lowest BCUT2D eigenvalue weighted by molar-refractivity contribution is 0.102. The SMILES string of the molecule is [CH2]C(C)(C)c1ccc(NC(=O)c2c[nH]c3ccccc3c2=O)cc1. The zero-order valence-electron chi connectivity index (χ0n) is 13.7. The number of anilines is 1. The van der Waals surface area contributed by atoms with E-state index in [9.17, 15) is 9.59 Å². The standard InChI is InChI=1S/C20H19N2O2/c1-20(2,3)13-8-10-14(11-9-13)22-19(24)16-12-21-17-7-5-4-6-15(17)18(16)23/h4-12H,1H2,2-3H3,(H,21,23)(H,22,24). The van der Waals surface area contributed by atoms with Gasteiger partial charge in [0.1, 0.15) is 5.56 Å². The largest absolute Gasteiger partial charge is 0.360 e. The number of aromatic amines is 1. The van der Waals surface area contributed by atoms with Gasteiger partial charge < -0.3 is 10.3 Å². The minimum absolute atomic E-state index is 0.0928. The van der Waals surface area contributed by atoms with Gasteiger partial charge >= 0.3 is 0 Å². The molecule has 0 atom stereocenters. The number of benzene rings is 2. The quantitative estimate of drug-likeness (QED) is 0.769. The van der Waals surface area contributed by atoms with Gasteiger partial charge in [0.25, 0.3) is 5.91 Å². The fourth-order valence-corrected chi connectivity index (χ4v) is 2.54. The van der Waals surface area contributed by atoms with Crippen LogP contribution >= 0.6 is 0 Å². The molecule has 2 aromatic carbocycles. The summed E-state index contributed by atoms with van der Waals surface area (Å²) in [6.45, 7) is 8.13. The summed E-state index contributed by atoms with van der Waals surface area (Å²) in [6, 6.07) is 14.6. The number of hydrogen-bond donors (Lipinski definition) is 2. The van der Waals surface area contributed by atoms with E-state index in [1.807, 2.05) is 44.2 Å². The van der Waals surface area contributed by atoms with E-state index in [1.54, 1.807) is 18.2 Å². The second-order valence-electron chi connectivity index (χ2n) is 6.49. The van der Waals surface area contributed by atoms with Crippen LogP contribution in [0.25, 0.3) is 10.9 Å². The maximum Gasteiger partial charge on any atom is 0.261 e. The summed E-state index contributed by atoms with van der Waals surface area (Å²) in [4.78, 5) is 27.9. The van der Waals surface area contributed by atoms with Gasteiger partial charge in [-0.15, -0.1) is 0 Å². The van der Waals surface area contributed by atoms with E-state index < -0.39 is 5.91 Å². The van der Waals surface area contributed by atoms with Gasteiger partial charge in [0, 0.05) is 22.8 Å². The zero-order chi connectivity index (χ0) is 17.3. The number of carbonyl (C=O) groups excluding carboxylic acids is 1. The van der Waals surface area contributed by atoms with Gasteiger partial charge in [0.05, 0.1) is 0 Å². The molecule has 0 saturated heterocycles. The number of H-pyrrole nitrogens is 1. The van der Waals surface area contributed by atoms with E-state index in [0.717, 1.165) is 5.56 Å². The first-order chi connectivity index (χ1) is 11.4. The second-order valence-corrected chi connectivity index (χ2v) is 6.49. The van der Waals surface area contributed by atoms with Gasteiger partial charge in [0.15, 0.2) is 0 Å². The van der Waals surface area contributed by atoms with Gasteiger partial charge in [0.2, 0.25) is 5.43 Å². The topological polar surface area (TPSA) is 62.0 Å². The van der Waals surface area contributed by atoms with Crippen LogP contribution in [-0.2, 0) is 5.41 Å². The summed E-state index contributed by atoms with van der Waals surface area (Å²) in [5.41, 5.74) is 2.04. The summed E-state index contributed by atoms with van der Waals surface area (Å²) >= 11 is 0. The van der Waals surface area contributed by atoms with Crippen LogP contribution in [0.3, 0.4) is 0 Å². The molecule has 0 aliphatic carbocycles. The Morgan fingerprint density at radius 3 is 2.42 bits per heavy atom. The summed E-state index contributed by atoms with van der Waals surface area (Å²) in [5.74, 6) is -0.427. The third-order valence-electron chi connectivity index (χ3n) is 3.96. The molecule has 0 unspecified atom stereocenters. The third-order valence-corrected chi connectivity index (χ3v) is 3.96. The molecule has 4 nitrogen and oxygen atoms in total. The summed E-state index contributed by atoms with van der Waals surface area (Å²) in [6.07, 6.45) is 1.45. The van der Waals surface area contributed by atoms with E-state index in [0.29, 0.717) is 16.6 Å².